The fraction of sp³-hybridized carbons (Fsp3) is 0.467. The first-order chi connectivity index (χ1) is 11.8. The summed E-state index contributed by atoms with van der Waals surface area (Å²) in [6.07, 6.45) is 0.517. The quantitative estimate of drug-likeness (QED) is 0.792. The topological polar surface area (TPSA) is 122 Å². The van der Waals surface area contributed by atoms with Crippen molar-refractivity contribution in [1.29, 1.82) is 0 Å². The molecule has 0 aliphatic carbocycles. The maximum absolute atomic E-state index is 12.9. The Morgan fingerprint density at radius 1 is 1.36 bits per heavy atom. The molecule has 0 bridgehead atoms. The molecular formula is C15H18N2O7S. The van der Waals surface area contributed by atoms with Crippen LogP contribution in [0.1, 0.15) is 12.8 Å². The van der Waals surface area contributed by atoms with Crippen LogP contribution in [0.2, 0.25) is 0 Å². The van der Waals surface area contributed by atoms with Crippen molar-refractivity contribution in [3.8, 4) is 11.5 Å². The van der Waals surface area contributed by atoms with Crippen LogP contribution in [0.15, 0.2) is 17.0 Å². The number of carbonyl (C=O) groups excluding carboxylic acids is 1. The van der Waals surface area contributed by atoms with Gasteiger partial charge in [-0.15, -0.1) is 0 Å². The van der Waals surface area contributed by atoms with E-state index in [1.165, 1.54) is 23.5 Å². The summed E-state index contributed by atoms with van der Waals surface area (Å²) in [5.41, 5.74) is 0.344. The third-order valence-electron chi connectivity index (χ3n) is 4.32. The van der Waals surface area contributed by atoms with Gasteiger partial charge in [0.25, 0.3) is 5.91 Å². The summed E-state index contributed by atoms with van der Waals surface area (Å²) in [7, 11) is -2.54. The largest absolute Gasteiger partial charge is 0.495 e. The number of nitrogens with zero attached hydrogens (tertiary/aromatic N) is 1. The van der Waals surface area contributed by atoms with Crippen LogP contribution in [-0.2, 0) is 19.6 Å². The number of hydrogen-bond acceptors (Lipinski definition) is 6. The number of hydrogen-bond donors (Lipinski definition) is 2. The normalized spacial score (nSPS) is 18.8. The van der Waals surface area contributed by atoms with Gasteiger partial charge >= 0.3 is 5.97 Å². The van der Waals surface area contributed by atoms with Crippen molar-refractivity contribution < 1.29 is 32.6 Å². The predicted octanol–water partition coefficient (Wildman–Crippen LogP) is 0.511. The molecule has 2 N–H and O–H groups in total. The van der Waals surface area contributed by atoms with E-state index in [9.17, 15) is 18.0 Å². The van der Waals surface area contributed by atoms with Crippen molar-refractivity contribution in [2.75, 3.05) is 32.1 Å². The highest BCUT2D eigenvalue weighted by Gasteiger charge is 2.35. The molecule has 0 aromatic heterocycles. The Morgan fingerprint density at radius 3 is 2.64 bits per heavy atom. The fourth-order valence-corrected chi connectivity index (χ4v) is 4.55. The van der Waals surface area contributed by atoms with Gasteiger partial charge in [-0.25, -0.2) is 8.42 Å². The zero-order valence-corrected chi connectivity index (χ0v) is 14.3. The first-order valence-corrected chi connectivity index (χ1v) is 9.14. The summed E-state index contributed by atoms with van der Waals surface area (Å²) >= 11 is 0. The summed E-state index contributed by atoms with van der Waals surface area (Å²) in [4.78, 5) is 22.3. The summed E-state index contributed by atoms with van der Waals surface area (Å²) in [5, 5.41) is 11.6. The number of piperidine rings is 1. The molecular weight excluding hydrogens is 352 g/mol. The van der Waals surface area contributed by atoms with E-state index in [4.69, 9.17) is 14.6 Å². The van der Waals surface area contributed by atoms with Crippen LogP contribution >= 0.6 is 0 Å². The number of amides is 1. The predicted molar refractivity (Wildman–Crippen MR) is 86.2 cm³/mol. The Morgan fingerprint density at radius 2 is 2.04 bits per heavy atom. The molecule has 0 saturated carbocycles. The standard InChI is InChI=1S/C15H18N2O7S/c1-23-12-6-10-11(24-8-14(18)16-10)7-13(12)25(21,22)17-4-2-9(3-5-17)15(19)20/h6-7,9H,2-5,8H2,1H3,(H,16,18)(H,19,20). The second-order valence-electron chi connectivity index (χ2n) is 5.85. The number of carbonyl (C=O) groups is 2. The van der Waals surface area contributed by atoms with Crippen LogP contribution in [0.3, 0.4) is 0 Å². The van der Waals surface area contributed by atoms with E-state index in [1.54, 1.807) is 0 Å². The van der Waals surface area contributed by atoms with Crippen LogP contribution < -0.4 is 14.8 Å². The molecule has 0 spiro atoms. The molecule has 2 aliphatic heterocycles. The van der Waals surface area contributed by atoms with Crippen molar-refractivity contribution in [1.82, 2.24) is 4.31 Å². The van der Waals surface area contributed by atoms with Gasteiger partial charge in [0.1, 0.15) is 16.4 Å². The van der Waals surface area contributed by atoms with Crippen molar-refractivity contribution >= 4 is 27.6 Å². The zero-order chi connectivity index (χ0) is 18.2. The van der Waals surface area contributed by atoms with Gasteiger partial charge in [0.15, 0.2) is 6.61 Å². The molecule has 3 rings (SSSR count). The van der Waals surface area contributed by atoms with Crippen LogP contribution in [0, 0.1) is 5.92 Å². The molecule has 1 fully saturated rings. The van der Waals surface area contributed by atoms with E-state index in [1.807, 2.05) is 0 Å². The Bertz CT molecular complexity index is 813. The lowest BCUT2D eigenvalue weighted by Crippen LogP contribution is -2.40. The molecule has 0 atom stereocenters. The first kappa shape index (κ1) is 17.5. The molecule has 2 heterocycles. The number of carboxylic acids is 1. The molecule has 2 aliphatic rings. The summed E-state index contributed by atoms with van der Waals surface area (Å²) in [5.74, 6) is -1.44. The number of benzene rings is 1. The molecule has 0 radical (unpaired) electrons. The Hall–Kier alpha value is -2.33. The SMILES string of the molecule is COc1cc2c(cc1S(=O)(=O)N1CCC(C(=O)O)CC1)OCC(=O)N2. The van der Waals surface area contributed by atoms with Crippen LogP contribution in [0.5, 0.6) is 11.5 Å². The minimum atomic E-state index is -3.88. The second kappa shape index (κ2) is 6.52. The van der Waals surface area contributed by atoms with Crippen LogP contribution in [0.25, 0.3) is 0 Å². The van der Waals surface area contributed by atoms with Crippen molar-refractivity contribution in [2.24, 2.45) is 5.92 Å². The average molecular weight is 370 g/mol. The lowest BCUT2D eigenvalue weighted by Gasteiger charge is -2.30. The minimum Gasteiger partial charge on any atom is -0.495 e. The number of sulfonamides is 1. The number of rotatable bonds is 4. The number of methoxy groups -OCH3 is 1. The molecule has 0 unspecified atom stereocenters. The third-order valence-corrected chi connectivity index (χ3v) is 6.24. The van der Waals surface area contributed by atoms with Gasteiger partial charge in [0.05, 0.1) is 18.7 Å². The van der Waals surface area contributed by atoms with E-state index in [0.29, 0.717) is 5.69 Å². The molecule has 1 saturated heterocycles. The Labute approximate surface area is 144 Å². The van der Waals surface area contributed by atoms with Crippen molar-refractivity contribution in [3.63, 3.8) is 0 Å². The number of fused-ring (bicyclic) bond motifs is 1. The molecule has 136 valence electrons. The average Bonchev–Trinajstić information content (AvgIpc) is 2.60. The first-order valence-electron chi connectivity index (χ1n) is 7.70. The van der Waals surface area contributed by atoms with E-state index >= 15 is 0 Å². The zero-order valence-electron chi connectivity index (χ0n) is 13.5. The highest BCUT2D eigenvalue weighted by atomic mass is 32.2. The Balaban J connectivity index is 1.92. The van der Waals surface area contributed by atoms with E-state index in [0.717, 1.165) is 0 Å². The number of ether oxygens (including phenoxy) is 2. The minimum absolute atomic E-state index is 0.0707. The van der Waals surface area contributed by atoms with E-state index in [-0.39, 0.29) is 54.8 Å². The van der Waals surface area contributed by atoms with Gasteiger partial charge in [0, 0.05) is 25.2 Å². The van der Waals surface area contributed by atoms with Gasteiger partial charge in [0.2, 0.25) is 10.0 Å². The molecule has 1 aromatic carbocycles. The highest BCUT2D eigenvalue weighted by molar-refractivity contribution is 7.89. The molecule has 1 aromatic rings. The summed E-state index contributed by atoms with van der Waals surface area (Å²) < 4.78 is 37.6. The second-order valence-corrected chi connectivity index (χ2v) is 7.76. The summed E-state index contributed by atoms with van der Waals surface area (Å²) in [6.45, 7) is 0.0527. The lowest BCUT2D eigenvalue weighted by atomic mass is 9.99. The fourth-order valence-electron chi connectivity index (χ4n) is 2.93. The summed E-state index contributed by atoms with van der Waals surface area (Å²) in [6, 6.07) is 2.73. The molecule has 1 amide bonds. The van der Waals surface area contributed by atoms with Crippen LogP contribution in [-0.4, -0.2) is 56.5 Å². The van der Waals surface area contributed by atoms with Gasteiger partial charge in [-0.3, -0.25) is 9.59 Å². The molecule has 9 nitrogen and oxygen atoms in total. The smallest absolute Gasteiger partial charge is 0.306 e. The molecule has 25 heavy (non-hydrogen) atoms. The number of carboxylic acid groups (broad SMARTS) is 1. The van der Waals surface area contributed by atoms with Gasteiger partial charge in [-0.1, -0.05) is 0 Å². The van der Waals surface area contributed by atoms with E-state index in [2.05, 4.69) is 5.32 Å². The Kier molecular flexibility index (Phi) is 4.56. The van der Waals surface area contributed by atoms with Gasteiger partial charge < -0.3 is 19.9 Å². The van der Waals surface area contributed by atoms with Gasteiger partial charge in [-0.05, 0) is 12.8 Å². The van der Waals surface area contributed by atoms with E-state index < -0.39 is 21.9 Å². The highest BCUT2D eigenvalue weighted by Crippen LogP contribution is 2.39. The van der Waals surface area contributed by atoms with Crippen molar-refractivity contribution in [2.45, 2.75) is 17.7 Å². The van der Waals surface area contributed by atoms with Crippen LogP contribution in [0.4, 0.5) is 5.69 Å². The third kappa shape index (κ3) is 3.27. The monoisotopic (exact) mass is 370 g/mol. The number of aliphatic carboxylic acids is 1. The number of anilines is 1. The van der Waals surface area contributed by atoms with Crippen molar-refractivity contribution in [3.05, 3.63) is 12.1 Å². The molecule has 10 heteroatoms. The van der Waals surface area contributed by atoms with Gasteiger partial charge in [-0.2, -0.15) is 4.31 Å². The maximum atomic E-state index is 12.9. The maximum Gasteiger partial charge on any atom is 0.306 e. The lowest BCUT2D eigenvalue weighted by molar-refractivity contribution is -0.142. The number of nitrogens with one attached hydrogen (secondary N) is 1.